The van der Waals surface area contributed by atoms with Gasteiger partial charge in [-0.05, 0) is 76.4 Å². The van der Waals surface area contributed by atoms with E-state index < -0.39 is 0 Å². The van der Waals surface area contributed by atoms with Gasteiger partial charge in [-0.2, -0.15) is 0 Å². The summed E-state index contributed by atoms with van der Waals surface area (Å²) in [7, 11) is 0. The minimum atomic E-state index is 0.376. The molecule has 3 aliphatic rings. The van der Waals surface area contributed by atoms with Crippen LogP contribution >= 0.6 is 0 Å². The van der Waals surface area contributed by atoms with Crippen molar-refractivity contribution in [2.45, 2.75) is 76.7 Å². The Morgan fingerprint density at radius 2 is 1.89 bits per heavy atom. The zero-order valence-electron chi connectivity index (χ0n) is 16.8. The summed E-state index contributed by atoms with van der Waals surface area (Å²) < 4.78 is 0. The maximum Gasteiger partial charge on any atom is 0.222 e. The number of hydrogen-bond donors (Lipinski definition) is 0. The lowest BCUT2D eigenvalue weighted by Crippen LogP contribution is -2.48. The zero-order chi connectivity index (χ0) is 18.6. The van der Waals surface area contributed by atoms with Crippen molar-refractivity contribution in [3.63, 3.8) is 0 Å². The predicted molar refractivity (Wildman–Crippen MR) is 106 cm³/mol. The van der Waals surface area contributed by atoms with Crippen LogP contribution in [0.5, 0.6) is 0 Å². The van der Waals surface area contributed by atoms with E-state index in [-0.39, 0.29) is 0 Å². The quantitative estimate of drug-likeness (QED) is 0.813. The summed E-state index contributed by atoms with van der Waals surface area (Å²) in [6.07, 6.45) is 14.2. The summed E-state index contributed by atoms with van der Waals surface area (Å²) in [5.74, 6) is 1.59. The van der Waals surface area contributed by atoms with Crippen LogP contribution in [0.3, 0.4) is 0 Å². The van der Waals surface area contributed by atoms with Crippen LogP contribution in [0.4, 0.5) is 0 Å². The van der Waals surface area contributed by atoms with E-state index in [2.05, 4.69) is 26.7 Å². The molecule has 1 aromatic heterocycles. The Bertz CT molecular complexity index is 639. The van der Waals surface area contributed by atoms with E-state index in [0.29, 0.717) is 11.8 Å². The van der Waals surface area contributed by atoms with Crippen LogP contribution in [0, 0.1) is 12.8 Å². The van der Waals surface area contributed by atoms with Crippen LogP contribution in [0.15, 0.2) is 12.5 Å². The molecule has 0 N–H and O–H groups in total. The molecule has 3 saturated heterocycles. The summed E-state index contributed by atoms with van der Waals surface area (Å²) in [4.78, 5) is 26.2. The number of nitrogens with zero attached hydrogens (tertiary/aromatic N) is 4. The standard InChI is InChI=1S/C22H34N4O/c1-17-15-23-16-24-22(17)19-9-13-26(14-10-19)21(27)8-7-18-5-4-12-25-11-3-2-6-20(18)25/h15-16,18-20H,2-14H2,1H3/t18-,20+/m0/s1. The number of hydrogen-bond acceptors (Lipinski definition) is 4. The molecule has 148 valence electrons. The second-order valence-electron chi connectivity index (χ2n) is 8.79. The fourth-order valence-corrected chi connectivity index (χ4v) is 5.62. The topological polar surface area (TPSA) is 49.3 Å². The molecule has 0 saturated carbocycles. The van der Waals surface area contributed by atoms with E-state index >= 15 is 0 Å². The van der Waals surface area contributed by atoms with Crippen LogP contribution in [0.1, 0.15) is 75.0 Å². The largest absolute Gasteiger partial charge is 0.343 e. The third kappa shape index (κ3) is 4.34. The molecular weight excluding hydrogens is 336 g/mol. The first-order chi connectivity index (χ1) is 13.2. The number of likely N-dealkylation sites (tertiary alicyclic amines) is 1. The van der Waals surface area contributed by atoms with E-state index in [1.54, 1.807) is 6.33 Å². The molecule has 4 heterocycles. The van der Waals surface area contributed by atoms with Crippen molar-refractivity contribution in [1.29, 1.82) is 0 Å². The smallest absolute Gasteiger partial charge is 0.222 e. The molecule has 4 rings (SSSR count). The second-order valence-corrected chi connectivity index (χ2v) is 8.79. The number of piperidine rings is 3. The second kappa shape index (κ2) is 8.68. The molecule has 5 heteroatoms. The van der Waals surface area contributed by atoms with E-state index in [1.165, 1.54) is 56.5 Å². The van der Waals surface area contributed by atoms with Gasteiger partial charge in [-0.1, -0.05) is 6.42 Å². The molecule has 0 spiro atoms. The van der Waals surface area contributed by atoms with Crippen molar-refractivity contribution in [2.24, 2.45) is 5.92 Å². The van der Waals surface area contributed by atoms with E-state index in [1.807, 2.05) is 6.20 Å². The van der Waals surface area contributed by atoms with Crippen molar-refractivity contribution in [3.05, 3.63) is 23.8 Å². The number of amides is 1. The lowest BCUT2D eigenvalue weighted by molar-refractivity contribution is -0.132. The lowest BCUT2D eigenvalue weighted by Gasteiger charge is -2.44. The van der Waals surface area contributed by atoms with Crippen molar-refractivity contribution in [2.75, 3.05) is 26.2 Å². The van der Waals surface area contributed by atoms with Crippen LogP contribution in [-0.4, -0.2) is 57.9 Å². The highest BCUT2D eigenvalue weighted by atomic mass is 16.2. The van der Waals surface area contributed by atoms with Gasteiger partial charge in [0.1, 0.15) is 6.33 Å². The normalized spacial score (nSPS) is 27.4. The van der Waals surface area contributed by atoms with E-state index in [0.717, 1.165) is 50.7 Å². The zero-order valence-corrected chi connectivity index (χ0v) is 16.8. The van der Waals surface area contributed by atoms with Gasteiger partial charge >= 0.3 is 0 Å². The fourth-order valence-electron chi connectivity index (χ4n) is 5.62. The molecule has 1 aromatic rings. The maximum atomic E-state index is 12.8. The van der Waals surface area contributed by atoms with Crippen molar-refractivity contribution in [1.82, 2.24) is 19.8 Å². The highest BCUT2D eigenvalue weighted by molar-refractivity contribution is 5.76. The van der Waals surface area contributed by atoms with Crippen molar-refractivity contribution < 1.29 is 4.79 Å². The van der Waals surface area contributed by atoms with Gasteiger partial charge in [0.2, 0.25) is 5.91 Å². The molecule has 2 atom stereocenters. The molecule has 3 aliphatic heterocycles. The average molecular weight is 371 g/mol. The first-order valence-corrected chi connectivity index (χ1v) is 11.0. The van der Waals surface area contributed by atoms with E-state index in [4.69, 9.17) is 0 Å². The molecule has 0 aromatic carbocycles. The van der Waals surface area contributed by atoms with Crippen LogP contribution in [-0.2, 0) is 4.79 Å². The highest BCUT2D eigenvalue weighted by Crippen LogP contribution is 2.34. The summed E-state index contributed by atoms with van der Waals surface area (Å²) in [6.45, 7) is 6.42. The Morgan fingerprint density at radius 1 is 1.07 bits per heavy atom. The summed E-state index contributed by atoms with van der Waals surface area (Å²) in [5, 5.41) is 0. The van der Waals surface area contributed by atoms with Gasteiger partial charge < -0.3 is 9.80 Å². The molecule has 3 fully saturated rings. The third-order valence-corrected chi connectivity index (χ3v) is 7.13. The number of aromatic nitrogens is 2. The molecule has 27 heavy (non-hydrogen) atoms. The Morgan fingerprint density at radius 3 is 2.70 bits per heavy atom. The van der Waals surface area contributed by atoms with Gasteiger partial charge in [0.05, 0.1) is 0 Å². The lowest BCUT2D eigenvalue weighted by atomic mass is 9.81. The summed E-state index contributed by atoms with van der Waals surface area (Å²) in [6, 6.07) is 0.756. The van der Waals surface area contributed by atoms with Gasteiger partial charge in [-0.3, -0.25) is 4.79 Å². The van der Waals surface area contributed by atoms with Crippen LogP contribution < -0.4 is 0 Å². The average Bonchev–Trinajstić information content (AvgIpc) is 2.72. The number of aryl methyl sites for hydroxylation is 1. The van der Waals surface area contributed by atoms with Gasteiger partial charge in [-0.15, -0.1) is 0 Å². The highest BCUT2D eigenvalue weighted by Gasteiger charge is 2.33. The van der Waals surface area contributed by atoms with E-state index in [9.17, 15) is 4.79 Å². The van der Waals surface area contributed by atoms with Gasteiger partial charge in [-0.25, -0.2) is 9.97 Å². The number of rotatable bonds is 4. The SMILES string of the molecule is Cc1cncnc1C1CCN(C(=O)CC[C@@H]2CCCN3CCCC[C@H]23)CC1. The Balaban J connectivity index is 1.25. The molecule has 1 amide bonds. The number of fused-ring (bicyclic) bond motifs is 1. The van der Waals surface area contributed by atoms with Gasteiger partial charge in [0.15, 0.2) is 0 Å². The Labute approximate surface area is 163 Å². The molecular formula is C22H34N4O. The molecule has 0 radical (unpaired) electrons. The molecule has 0 unspecified atom stereocenters. The van der Waals surface area contributed by atoms with Crippen LogP contribution in [0.2, 0.25) is 0 Å². The molecule has 0 aliphatic carbocycles. The Hall–Kier alpha value is -1.49. The molecule has 0 bridgehead atoms. The first kappa shape index (κ1) is 18.9. The Kier molecular flexibility index (Phi) is 6.06. The summed E-state index contributed by atoms with van der Waals surface area (Å²) >= 11 is 0. The van der Waals surface area contributed by atoms with Gasteiger partial charge in [0, 0.05) is 43.4 Å². The fraction of sp³-hybridized carbons (Fsp3) is 0.773. The minimum Gasteiger partial charge on any atom is -0.343 e. The number of carbonyl (C=O) groups is 1. The maximum absolute atomic E-state index is 12.8. The van der Waals surface area contributed by atoms with Gasteiger partial charge in [0.25, 0.3) is 0 Å². The van der Waals surface area contributed by atoms with Crippen LogP contribution in [0.25, 0.3) is 0 Å². The molecule has 5 nitrogen and oxygen atoms in total. The van der Waals surface area contributed by atoms with Crippen molar-refractivity contribution >= 4 is 5.91 Å². The minimum absolute atomic E-state index is 0.376. The third-order valence-electron chi connectivity index (χ3n) is 7.13. The first-order valence-electron chi connectivity index (χ1n) is 11.0. The monoisotopic (exact) mass is 370 g/mol. The summed E-state index contributed by atoms with van der Waals surface area (Å²) in [5.41, 5.74) is 2.35. The van der Waals surface area contributed by atoms with Crippen molar-refractivity contribution in [3.8, 4) is 0 Å². The number of carbonyl (C=O) groups excluding carboxylic acids is 1. The predicted octanol–water partition coefficient (Wildman–Crippen LogP) is 3.54.